The van der Waals surface area contributed by atoms with Crippen LogP contribution in [0.15, 0.2) is 54.6 Å². The Morgan fingerprint density at radius 2 is 1.50 bits per heavy atom. The molecule has 30 heavy (non-hydrogen) atoms. The lowest BCUT2D eigenvalue weighted by atomic mass is 9.83. The van der Waals surface area contributed by atoms with E-state index in [0.29, 0.717) is 5.92 Å². The third kappa shape index (κ3) is 8.67. The average molecular weight is 409 g/mol. The zero-order valence-corrected chi connectivity index (χ0v) is 18.7. The van der Waals surface area contributed by atoms with Crippen molar-refractivity contribution in [1.82, 2.24) is 4.90 Å². The summed E-state index contributed by atoms with van der Waals surface area (Å²) in [5.41, 5.74) is 4.26. The topological polar surface area (TPSA) is 27.0 Å². The Kier molecular flexibility index (Phi) is 11.2. The predicted octanol–water partition coefficient (Wildman–Crippen LogP) is 6.71. The van der Waals surface area contributed by atoms with Gasteiger partial charge >= 0.3 is 0 Å². The van der Waals surface area contributed by atoms with Crippen LogP contribution in [-0.4, -0.2) is 30.7 Å². The number of rotatable bonds is 9. The minimum atomic E-state index is -0.566. The van der Waals surface area contributed by atoms with E-state index in [1.165, 1.54) is 30.0 Å². The van der Waals surface area contributed by atoms with Crippen LogP contribution in [0.1, 0.15) is 68.6 Å². The highest BCUT2D eigenvalue weighted by Gasteiger charge is 2.21. The third-order valence-corrected chi connectivity index (χ3v) is 6.05. The highest BCUT2D eigenvalue weighted by atomic mass is 19.1. The van der Waals surface area contributed by atoms with Crippen molar-refractivity contribution >= 4 is 0 Å². The Morgan fingerprint density at radius 1 is 0.900 bits per heavy atom. The van der Waals surface area contributed by atoms with Gasteiger partial charge in [-0.15, -0.1) is 0 Å². The van der Waals surface area contributed by atoms with Crippen molar-refractivity contribution in [3.8, 4) is 6.07 Å². The first-order chi connectivity index (χ1) is 14.7. The zero-order chi connectivity index (χ0) is 21.6. The van der Waals surface area contributed by atoms with E-state index in [9.17, 15) is 4.39 Å². The van der Waals surface area contributed by atoms with Crippen molar-refractivity contribution in [3.05, 3.63) is 71.3 Å². The number of halogens is 1. The van der Waals surface area contributed by atoms with E-state index in [4.69, 9.17) is 5.26 Å². The van der Waals surface area contributed by atoms with Crippen LogP contribution in [0.3, 0.4) is 0 Å². The maximum atomic E-state index is 13.3. The molecule has 0 heterocycles. The second-order valence-electron chi connectivity index (χ2n) is 8.19. The first-order valence-electron chi connectivity index (χ1n) is 11.5. The van der Waals surface area contributed by atoms with Gasteiger partial charge in [-0.1, -0.05) is 61.5 Å². The number of benzene rings is 2. The number of aryl methyl sites for hydroxylation is 1. The fourth-order valence-corrected chi connectivity index (χ4v) is 4.21. The Morgan fingerprint density at radius 3 is 2.10 bits per heavy atom. The molecule has 0 bridgehead atoms. The van der Waals surface area contributed by atoms with Crippen LogP contribution in [0.25, 0.3) is 0 Å². The number of likely N-dealkylation sites (N-methyl/N-ethyl adjacent to an activating group) is 1. The Bertz CT molecular complexity index is 728. The summed E-state index contributed by atoms with van der Waals surface area (Å²) < 4.78 is 13.3. The SMILES string of the molecule is CC#N.CCN(CCCc1ccc(C2CCC(F)CC2)cc1)CCc1ccccc1. The van der Waals surface area contributed by atoms with Gasteiger partial charge in [-0.3, -0.25) is 0 Å². The number of hydrogen-bond donors (Lipinski definition) is 0. The largest absolute Gasteiger partial charge is 0.303 e. The Balaban J connectivity index is 0.00000101. The molecule has 3 heteroatoms. The summed E-state index contributed by atoms with van der Waals surface area (Å²) >= 11 is 0. The standard InChI is InChI=1S/C25H34FN.C2H3N/c1-2-27(20-18-21-7-4-3-5-8-21)19-6-9-22-10-12-23(13-11-22)24-14-16-25(26)17-15-24;1-2-3/h3-5,7-8,10-13,24-25H,2,6,9,14-20H2,1H3;1H3. The Labute approximate surface area is 182 Å². The molecule has 2 aromatic carbocycles. The quantitative estimate of drug-likeness (QED) is 0.461. The smallest absolute Gasteiger partial charge is 0.100 e. The van der Waals surface area contributed by atoms with Crippen LogP contribution in [0.5, 0.6) is 0 Å². The molecule has 2 aromatic rings. The van der Waals surface area contributed by atoms with E-state index >= 15 is 0 Å². The maximum Gasteiger partial charge on any atom is 0.100 e. The van der Waals surface area contributed by atoms with Crippen molar-refractivity contribution in [2.24, 2.45) is 0 Å². The van der Waals surface area contributed by atoms with E-state index in [0.717, 1.165) is 58.2 Å². The van der Waals surface area contributed by atoms with Gasteiger partial charge in [-0.25, -0.2) is 4.39 Å². The summed E-state index contributed by atoms with van der Waals surface area (Å²) in [7, 11) is 0. The molecule has 1 fully saturated rings. The fourth-order valence-electron chi connectivity index (χ4n) is 4.21. The molecule has 162 valence electrons. The lowest BCUT2D eigenvalue weighted by molar-refractivity contribution is 0.235. The summed E-state index contributed by atoms with van der Waals surface area (Å²) in [5.74, 6) is 0.569. The lowest BCUT2D eigenvalue weighted by Gasteiger charge is -2.24. The summed E-state index contributed by atoms with van der Waals surface area (Å²) in [6, 6.07) is 21.7. The van der Waals surface area contributed by atoms with Gasteiger partial charge in [-0.05, 0) is 80.6 Å². The fraction of sp³-hybridized carbons (Fsp3) is 0.519. The second kappa shape index (κ2) is 13.9. The minimum absolute atomic E-state index is 0.566. The first-order valence-corrected chi connectivity index (χ1v) is 11.5. The van der Waals surface area contributed by atoms with Crippen molar-refractivity contribution in [2.75, 3.05) is 19.6 Å². The molecule has 0 radical (unpaired) electrons. The van der Waals surface area contributed by atoms with Gasteiger partial charge in [0.1, 0.15) is 6.17 Å². The average Bonchev–Trinajstić information content (AvgIpc) is 2.78. The third-order valence-electron chi connectivity index (χ3n) is 6.05. The van der Waals surface area contributed by atoms with E-state index in [-0.39, 0.29) is 0 Å². The Hall–Kier alpha value is -2.18. The number of alkyl halides is 1. The van der Waals surface area contributed by atoms with Gasteiger partial charge in [0, 0.05) is 13.5 Å². The molecule has 3 rings (SSSR count). The van der Waals surface area contributed by atoms with E-state index in [2.05, 4.69) is 66.4 Å². The molecule has 1 aliphatic rings. The number of nitrogens with zero attached hydrogens (tertiary/aromatic N) is 2. The highest BCUT2D eigenvalue weighted by molar-refractivity contribution is 5.26. The normalized spacial score (nSPS) is 18.4. The molecule has 1 aliphatic carbocycles. The number of hydrogen-bond acceptors (Lipinski definition) is 2. The van der Waals surface area contributed by atoms with Gasteiger partial charge in [0.05, 0.1) is 6.07 Å². The molecule has 0 spiro atoms. The monoisotopic (exact) mass is 408 g/mol. The summed E-state index contributed by atoms with van der Waals surface area (Å²) in [5, 5.41) is 7.32. The first kappa shape index (κ1) is 24.1. The molecule has 0 aliphatic heterocycles. The predicted molar refractivity (Wildman–Crippen MR) is 124 cm³/mol. The van der Waals surface area contributed by atoms with Crippen LogP contribution in [-0.2, 0) is 12.8 Å². The van der Waals surface area contributed by atoms with Crippen LogP contribution in [0.4, 0.5) is 4.39 Å². The van der Waals surface area contributed by atoms with E-state index in [1.807, 2.05) is 0 Å². The summed E-state index contributed by atoms with van der Waals surface area (Å²) in [6.07, 6.45) is 6.40. The molecule has 0 N–H and O–H groups in total. The molecule has 0 aromatic heterocycles. The molecule has 2 nitrogen and oxygen atoms in total. The highest BCUT2D eigenvalue weighted by Crippen LogP contribution is 2.34. The van der Waals surface area contributed by atoms with Crippen LogP contribution < -0.4 is 0 Å². The van der Waals surface area contributed by atoms with Crippen molar-refractivity contribution < 1.29 is 4.39 Å². The van der Waals surface area contributed by atoms with E-state index < -0.39 is 6.17 Å². The lowest BCUT2D eigenvalue weighted by Crippen LogP contribution is -2.27. The molecule has 0 saturated heterocycles. The maximum absolute atomic E-state index is 13.3. The molecule has 0 unspecified atom stereocenters. The summed E-state index contributed by atoms with van der Waals surface area (Å²) in [6.45, 7) is 7.09. The van der Waals surface area contributed by atoms with Crippen molar-refractivity contribution in [3.63, 3.8) is 0 Å². The number of nitriles is 1. The minimum Gasteiger partial charge on any atom is -0.303 e. The molecular formula is C27H37FN2. The van der Waals surface area contributed by atoms with Gasteiger partial charge in [0.15, 0.2) is 0 Å². The van der Waals surface area contributed by atoms with Crippen LogP contribution in [0.2, 0.25) is 0 Å². The van der Waals surface area contributed by atoms with Gasteiger partial charge in [0.25, 0.3) is 0 Å². The summed E-state index contributed by atoms with van der Waals surface area (Å²) in [4.78, 5) is 2.55. The van der Waals surface area contributed by atoms with Crippen LogP contribution in [0, 0.1) is 11.3 Å². The molecular weight excluding hydrogens is 371 g/mol. The van der Waals surface area contributed by atoms with Crippen molar-refractivity contribution in [1.29, 1.82) is 5.26 Å². The van der Waals surface area contributed by atoms with E-state index in [1.54, 1.807) is 6.07 Å². The van der Waals surface area contributed by atoms with Crippen LogP contribution >= 0.6 is 0 Å². The zero-order valence-electron chi connectivity index (χ0n) is 18.7. The van der Waals surface area contributed by atoms with Gasteiger partial charge < -0.3 is 4.90 Å². The molecule has 0 atom stereocenters. The molecule has 0 amide bonds. The molecule has 1 saturated carbocycles. The second-order valence-corrected chi connectivity index (χ2v) is 8.19. The van der Waals surface area contributed by atoms with Gasteiger partial charge in [0.2, 0.25) is 0 Å². The van der Waals surface area contributed by atoms with Gasteiger partial charge in [-0.2, -0.15) is 5.26 Å². The van der Waals surface area contributed by atoms with Crippen molar-refractivity contribution in [2.45, 2.75) is 70.9 Å².